The fourth-order valence-electron chi connectivity index (χ4n) is 5.50. The predicted molar refractivity (Wildman–Crippen MR) is 127 cm³/mol. The molecule has 0 unspecified atom stereocenters. The highest BCUT2D eigenvalue weighted by molar-refractivity contribution is 7.89. The van der Waals surface area contributed by atoms with Crippen molar-refractivity contribution in [2.75, 3.05) is 44.2 Å². The SMILES string of the molecule is C[C@@H]1CN(C2CCN(c3ccc(S(=O)(=O)N4CCCCCC4)cc3[N+](=O)[O-])CC2)C[C@H](C)O1. The Morgan fingerprint density at radius 1 is 0.970 bits per heavy atom. The average Bonchev–Trinajstić information content (AvgIpc) is 3.08. The van der Waals surface area contributed by atoms with E-state index in [0.29, 0.717) is 37.9 Å². The van der Waals surface area contributed by atoms with Gasteiger partial charge >= 0.3 is 0 Å². The molecule has 1 aromatic rings. The van der Waals surface area contributed by atoms with Gasteiger partial charge in [-0.2, -0.15) is 4.31 Å². The zero-order valence-electron chi connectivity index (χ0n) is 19.7. The number of benzene rings is 1. The first-order valence-electron chi connectivity index (χ1n) is 12.2. The van der Waals surface area contributed by atoms with E-state index >= 15 is 0 Å². The number of piperidine rings is 1. The number of hydrogen-bond acceptors (Lipinski definition) is 7. The lowest BCUT2D eigenvalue weighted by Crippen LogP contribution is -2.53. The largest absolute Gasteiger partial charge is 0.373 e. The Bertz CT molecular complexity index is 930. The highest BCUT2D eigenvalue weighted by Crippen LogP contribution is 2.34. The molecule has 10 heteroatoms. The molecule has 0 amide bonds. The molecule has 0 aromatic heterocycles. The molecule has 3 aliphatic heterocycles. The number of ether oxygens (including phenoxy) is 1. The maximum atomic E-state index is 13.1. The van der Waals surface area contributed by atoms with E-state index in [1.165, 1.54) is 10.4 Å². The lowest BCUT2D eigenvalue weighted by molar-refractivity contribution is -0.384. The van der Waals surface area contributed by atoms with E-state index in [2.05, 4.69) is 18.7 Å². The lowest BCUT2D eigenvalue weighted by Gasteiger charge is -2.44. The van der Waals surface area contributed by atoms with Crippen molar-refractivity contribution in [3.05, 3.63) is 28.3 Å². The normalized spacial score (nSPS) is 26.8. The van der Waals surface area contributed by atoms with Gasteiger partial charge in [-0.1, -0.05) is 12.8 Å². The van der Waals surface area contributed by atoms with Gasteiger partial charge in [0.05, 0.1) is 22.0 Å². The average molecular weight is 481 g/mol. The van der Waals surface area contributed by atoms with Gasteiger partial charge in [-0.05, 0) is 51.7 Å². The Morgan fingerprint density at radius 3 is 2.15 bits per heavy atom. The minimum Gasteiger partial charge on any atom is -0.373 e. The number of rotatable bonds is 5. The third-order valence-electron chi connectivity index (χ3n) is 7.12. The molecule has 9 nitrogen and oxygen atoms in total. The molecule has 184 valence electrons. The summed E-state index contributed by atoms with van der Waals surface area (Å²) in [5.74, 6) is 0. The maximum Gasteiger partial charge on any atom is 0.293 e. The van der Waals surface area contributed by atoms with Crippen molar-refractivity contribution >= 4 is 21.4 Å². The number of morpholine rings is 1. The van der Waals surface area contributed by atoms with Gasteiger partial charge in [0.15, 0.2) is 0 Å². The van der Waals surface area contributed by atoms with Gasteiger partial charge in [0, 0.05) is 51.4 Å². The summed E-state index contributed by atoms with van der Waals surface area (Å²) in [5.41, 5.74) is 0.384. The van der Waals surface area contributed by atoms with Crippen LogP contribution in [0.25, 0.3) is 0 Å². The highest BCUT2D eigenvalue weighted by atomic mass is 32.2. The van der Waals surface area contributed by atoms with Crippen molar-refractivity contribution in [2.24, 2.45) is 0 Å². The van der Waals surface area contributed by atoms with E-state index in [0.717, 1.165) is 51.6 Å². The first-order valence-corrected chi connectivity index (χ1v) is 13.6. The minimum atomic E-state index is -3.73. The quantitative estimate of drug-likeness (QED) is 0.471. The fourth-order valence-corrected chi connectivity index (χ4v) is 7.03. The molecule has 0 bridgehead atoms. The molecule has 0 N–H and O–H groups in total. The van der Waals surface area contributed by atoms with Crippen LogP contribution in [0.15, 0.2) is 23.1 Å². The van der Waals surface area contributed by atoms with E-state index in [9.17, 15) is 18.5 Å². The molecule has 3 fully saturated rings. The van der Waals surface area contributed by atoms with Crippen molar-refractivity contribution in [1.82, 2.24) is 9.21 Å². The summed E-state index contributed by atoms with van der Waals surface area (Å²) in [7, 11) is -3.73. The Hall–Kier alpha value is -1.75. The highest BCUT2D eigenvalue weighted by Gasteiger charge is 2.33. The molecule has 0 aliphatic carbocycles. The second-order valence-electron chi connectivity index (χ2n) is 9.66. The first kappa shape index (κ1) is 24.4. The predicted octanol–water partition coefficient (Wildman–Crippen LogP) is 3.24. The van der Waals surface area contributed by atoms with E-state index < -0.39 is 14.9 Å². The van der Waals surface area contributed by atoms with Crippen molar-refractivity contribution in [1.29, 1.82) is 0 Å². The van der Waals surface area contributed by atoms with E-state index in [1.807, 2.05) is 4.90 Å². The van der Waals surface area contributed by atoms with Gasteiger partial charge < -0.3 is 9.64 Å². The van der Waals surface area contributed by atoms with Crippen LogP contribution in [-0.2, 0) is 14.8 Å². The van der Waals surface area contributed by atoms with E-state index in [4.69, 9.17) is 4.74 Å². The topological polar surface area (TPSA) is 96.2 Å². The molecular formula is C23H36N4O5S. The van der Waals surface area contributed by atoms with Crippen molar-refractivity contribution in [3.63, 3.8) is 0 Å². The fraction of sp³-hybridized carbons (Fsp3) is 0.739. The lowest BCUT2D eigenvalue weighted by atomic mass is 10.0. The standard InChI is InChI=1S/C23H36N4O5S/c1-18-16-25(17-19(2)32-18)20-9-13-24(14-10-20)22-8-7-21(15-23(22)27(28)29)33(30,31)26-11-5-3-4-6-12-26/h7-8,15,18-20H,3-6,9-14,16-17H2,1-2H3/t18-,19+. The van der Waals surface area contributed by atoms with Gasteiger partial charge in [-0.15, -0.1) is 0 Å². The molecule has 2 atom stereocenters. The summed E-state index contributed by atoms with van der Waals surface area (Å²) in [4.78, 5) is 16.0. The molecule has 33 heavy (non-hydrogen) atoms. The Morgan fingerprint density at radius 2 is 1.58 bits per heavy atom. The van der Waals surface area contributed by atoms with Crippen molar-refractivity contribution < 1.29 is 18.1 Å². The summed E-state index contributed by atoms with van der Waals surface area (Å²) >= 11 is 0. The van der Waals surface area contributed by atoms with Gasteiger partial charge in [-0.25, -0.2) is 8.42 Å². The number of sulfonamides is 1. The molecule has 3 saturated heterocycles. The van der Waals surface area contributed by atoms with Gasteiger partial charge in [-0.3, -0.25) is 15.0 Å². The zero-order chi connectivity index (χ0) is 23.6. The maximum absolute atomic E-state index is 13.1. The molecule has 1 aromatic carbocycles. The molecule has 3 heterocycles. The number of nitrogens with zero attached hydrogens (tertiary/aromatic N) is 4. The summed E-state index contributed by atoms with van der Waals surface area (Å²) in [5, 5.41) is 11.9. The van der Waals surface area contributed by atoms with Crippen LogP contribution in [0.2, 0.25) is 0 Å². The number of nitro groups is 1. The molecule has 0 saturated carbocycles. The van der Waals surface area contributed by atoms with Crippen LogP contribution in [0.4, 0.5) is 11.4 Å². The Kier molecular flexibility index (Phi) is 7.57. The smallest absolute Gasteiger partial charge is 0.293 e. The zero-order valence-corrected chi connectivity index (χ0v) is 20.5. The minimum absolute atomic E-state index is 0.0195. The third-order valence-corrected chi connectivity index (χ3v) is 9.01. The van der Waals surface area contributed by atoms with Crippen LogP contribution in [0, 0.1) is 10.1 Å². The van der Waals surface area contributed by atoms with E-state index in [1.54, 1.807) is 12.1 Å². The Balaban J connectivity index is 1.49. The van der Waals surface area contributed by atoms with Crippen molar-refractivity contribution in [2.45, 2.75) is 75.5 Å². The Labute approximate surface area is 196 Å². The van der Waals surface area contributed by atoms with Gasteiger partial charge in [0.1, 0.15) is 5.69 Å². The van der Waals surface area contributed by atoms with Crippen LogP contribution >= 0.6 is 0 Å². The molecule has 4 rings (SSSR count). The summed E-state index contributed by atoms with van der Waals surface area (Å²) < 4.78 is 33.6. The summed E-state index contributed by atoms with van der Waals surface area (Å²) in [6.45, 7) is 8.41. The molecule has 0 radical (unpaired) electrons. The summed E-state index contributed by atoms with van der Waals surface area (Å²) in [6.07, 6.45) is 5.96. The molecule has 3 aliphatic rings. The van der Waals surface area contributed by atoms with Crippen LogP contribution < -0.4 is 4.90 Å². The monoisotopic (exact) mass is 480 g/mol. The molecule has 0 spiro atoms. The van der Waals surface area contributed by atoms with Crippen LogP contribution in [-0.4, -0.2) is 80.1 Å². The molecular weight excluding hydrogens is 444 g/mol. The third kappa shape index (κ3) is 5.50. The van der Waals surface area contributed by atoms with Crippen LogP contribution in [0.3, 0.4) is 0 Å². The number of anilines is 1. The second-order valence-corrected chi connectivity index (χ2v) is 11.6. The number of nitro benzene ring substituents is 1. The van der Waals surface area contributed by atoms with Crippen LogP contribution in [0.1, 0.15) is 52.4 Å². The number of hydrogen-bond donors (Lipinski definition) is 0. The first-order chi connectivity index (χ1) is 15.8. The second kappa shape index (κ2) is 10.2. The van der Waals surface area contributed by atoms with Gasteiger partial charge in [0.25, 0.3) is 5.69 Å². The van der Waals surface area contributed by atoms with Gasteiger partial charge in [0.2, 0.25) is 10.0 Å². The summed E-state index contributed by atoms with van der Waals surface area (Å²) in [6, 6.07) is 4.87. The van der Waals surface area contributed by atoms with Crippen LogP contribution in [0.5, 0.6) is 0 Å². The van der Waals surface area contributed by atoms with E-state index in [-0.39, 0.29) is 22.8 Å². The van der Waals surface area contributed by atoms with Crippen molar-refractivity contribution in [3.8, 4) is 0 Å².